The molecule has 20 heavy (non-hydrogen) atoms. The Morgan fingerprint density at radius 3 is 2.90 bits per heavy atom. The van der Waals surface area contributed by atoms with Crippen molar-refractivity contribution < 1.29 is 4.74 Å². The second-order valence-electron chi connectivity index (χ2n) is 5.59. The first-order chi connectivity index (χ1) is 9.75. The topological polar surface area (TPSA) is 39.1 Å². The number of nitrogens with zero attached hydrogens (tertiary/aromatic N) is 2. The van der Waals surface area contributed by atoms with Crippen molar-refractivity contribution in [1.82, 2.24) is 15.1 Å². The van der Waals surface area contributed by atoms with Crippen molar-refractivity contribution in [2.45, 2.75) is 31.9 Å². The summed E-state index contributed by atoms with van der Waals surface area (Å²) in [6, 6.07) is 12.2. The summed E-state index contributed by atoms with van der Waals surface area (Å²) in [5.41, 5.74) is 2.14. The van der Waals surface area contributed by atoms with Crippen LogP contribution < -0.4 is 5.32 Å². The van der Waals surface area contributed by atoms with Crippen molar-refractivity contribution in [3.05, 3.63) is 48.3 Å². The van der Waals surface area contributed by atoms with Crippen LogP contribution in [0.5, 0.6) is 0 Å². The Morgan fingerprint density at radius 1 is 1.30 bits per heavy atom. The van der Waals surface area contributed by atoms with Crippen molar-refractivity contribution in [1.29, 1.82) is 0 Å². The lowest BCUT2D eigenvalue weighted by atomic mass is 10.0. The average Bonchev–Trinajstić information content (AvgIpc) is 3.10. The molecule has 0 aliphatic carbocycles. The third-order valence-corrected chi connectivity index (χ3v) is 3.77. The third kappa shape index (κ3) is 3.08. The summed E-state index contributed by atoms with van der Waals surface area (Å²) in [7, 11) is 0. The summed E-state index contributed by atoms with van der Waals surface area (Å²) < 4.78 is 7.67. The van der Waals surface area contributed by atoms with Crippen LogP contribution in [0.25, 0.3) is 5.69 Å². The van der Waals surface area contributed by atoms with Crippen molar-refractivity contribution in [2.24, 2.45) is 0 Å². The number of rotatable bonds is 5. The summed E-state index contributed by atoms with van der Waals surface area (Å²) in [6.45, 7) is 4.72. The van der Waals surface area contributed by atoms with Gasteiger partial charge in [-0.05, 0) is 38.0 Å². The molecule has 106 valence electrons. The molecule has 1 aromatic carbocycles. The average molecular weight is 271 g/mol. The van der Waals surface area contributed by atoms with E-state index in [0.717, 1.165) is 37.5 Å². The zero-order valence-corrected chi connectivity index (χ0v) is 11.9. The Bertz CT molecular complexity index is 544. The van der Waals surface area contributed by atoms with Gasteiger partial charge in [0.05, 0.1) is 17.0 Å². The van der Waals surface area contributed by atoms with Crippen LogP contribution in [0.15, 0.2) is 42.6 Å². The number of ether oxygens (including phenoxy) is 1. The van der Waals surface area contributed by atoms with Crippen LogP contribution in [0, 0.1) is 0 Å². The molecular weight excluding hydrogens is 250 g/mol. The minimum Gasteiger partial charge on any atom is -0.374 e. The van der Waals surface area contributed by atoms with Crippen LogP contribution in [0.2, 0.25) is 0 Å². The number of hydrogen-bond acceptors (Lipinski definition) is 3. The van der Waals surface area contributed by atoms with Gasteiger partial charge in [0.1, 0.15) is 0 Å². The number of aromatic nitrogens is 2. The molecule has 0 saturated carbocycles. The highest BCUT2D eigenvalue weighted by Crippen LogP contribution is 2.23. The summed E-state index contributed by atoms with van der Waals surface area (Å²) in [5, 5.41) is 8.03. The quantitative estimate of drug-likeness (QED) is 0.908. The summed E-state index contributed by atoms with van der Waals surface area (Å²) in [4.78, 5) is 0. The van der Waals surface area contributed by atoms with Crippen LogP contribution in [0.1, 0.15) is 25.5 Å². The maximum Gasteiger partial charge on any atom is 0.0779 e. The van der Waals surface area contributed by atoms with Crippen LogP contribution in [0.3, 0.4) is 0 Å². The van der Waals surface area contributed by atoms with Gasteiger partial charge in [-0.2, -0.15) is 5.10 Å². The third-order valence-electron chi connectivity index (χ3n) is 3.77. The van der Waals surface area contributed by atoms with Crippen molar-refractivity contribution in [3.8, 4) is 5.69 Å². The van der Waals surface area contributed by atoms with Crippen LogP contribution >= 0.6 is 0 Å². The molecule has 0 bridgehead atoms. The van der Waals surface area contributed by atoms with Crippen molar-refractivity contribution in [2.75, 3.05) is 13.2 Å². The molecule has 0 radical (unpaired) electrons. The molecule has 1 fully saturated rings. The summed E-state index contributed by atoms with van der Waals surface area (Å²) >= 11 is 0. The van der Waals surface area contributed by atoms with E-state index in [0.29, 0.717) is 0 Å². The largest absolute Gasteiger partial charge is 0.374 e. The monoisotopic (exact) mass is 271 g/mol. The zero-order chi connectivity index (χ0) is 13.8. The molecule has 4 heteroatoms. The molecule has 1 aliphatic heterocycles. The minimum absolute atomic E-state index is 0.00198. The van der Waals surface area contributed by atoms with Crippen molar-refractivity contribution >= 4 is 0 Å². The van der Waals surface area contributed by atoms with E-state index in [4.69, 9.17) is 4.74 Å². The minimum atomic E-state index is 0.00198. The van der Waals surface area contributed by atoms with Gasteiger partial charge in [0.25, 0.3) is 0 Å². The zero-order valence-electron chi connectivity index (χ0n) is 11.9. The van der Waals surface area contributed by atoms with E-state index in [1.165, 1.54) is 6.42 Å². The molecule has 1 aromatic heterocycles. The van der Waals surface area contributed by atoms with Gasteiger partial charge in [0, 0.05) is 25.9 Å². The molecule has 4 nitrogen and oxygen atoms in total. The Kier molecular flexibility index (Phi) is 3.85. The van der Waals surface area contributed by atoms with E-state index in [2.05, 4.69) is 35.5 Å². The summed E-state index contributed by atoms with van der Waals surface area (Å²) in [5.74, 6) is 0. The Labute approximate surface area is 119 Å². The highest BCUT2D eigenvalue weighted by molar-refractivity contribution is 5.30. The first-order valence-corrected chi connectivity index (χ1v) is 7.20. The first-order valence-electron chi connectivity index (χ1n) is 7.20. The molecule has 1 saturated heterocycles. The fourth-order valence-corrected chi connectivity index (χ4v) is 2.61. The van der Waals surface area contributed by atoms with Crippen LogP contribution in [-0.4, -0.2) is 28.5 Å². The van der Waals surface area contributed by atoms with Gasteiger partial charge in [0.2, 0.25) is 0 Å². The smallest absolute Gasteiger partial charge is 0.0779 e. The van der Waals surface area contributed by atoms with E-state index in [1.54, 1.807) is 0 Å². The molecule has 1 unspecified atom stereocenters. The molecule has 2 heterocycles. The van der Waals surface area contributed by atoms with E-state index in [9.17, 15) is 0 Å². The van der Waals surface area contributed by atoms with Gasteiger partial charge in [-0.25, -0.2) is 4.68 Å². The lowest BCUT2D eigenvalue weighted by Crippen LogP contribution is -2.36. The molecule has 0 amide bonds. The van der Waals surface area contributed by atoms with Gasteiger partial charge in [-0.15, -0.1) is 0 Å². The summed E-state index contributed by atoms with van der Waals surface area (Å²) in [6.07, 6.45) is 4.30. The van der Waals surface area contributed by atoms with Crippen LogP contribution in [0.4, 0.5) is 0 Å². The SMILES string of the molecule is CC1(CNCc2ccn(-c3ccccc3)n2)CCCO1. The van der Waals surface area contributed by atoms with E-state index in [1.807, 2.05) is 29.1 Å². The van der Waals surface area contributed by atoms with Gasteiger partial charge in [-0.3, -0.25) is 0 Å². The number of benzene rings is 1. The predicted molar refractivity (Wildman–Crippen MR) is 78.9 cm³/mol. The van der Waals surface area contributed by atoms with E-state index >= 15 is 0 Å². The molecule has 1 atom stereocenters. The highest BCUT2D eigenvalue weighted by Gasteiger charge is 2.28. The normalized spacial score (nSPS) is 22.2. The predicted octanol–water partition coefficient (Wildman–Crippen LogP) is 2.53. The fraction of sp³-hybridized carbons (Fsp3) is 0.438. The second-order valence-corrected chi connectivity index (χ2v) is 5.59. The first kappa shape index (κ1) is 13.3. The molecular formula is C16H21N3O. The molecule has 3 rings (SSSR count). The Balaban J connectivity index is 1.55. The second kappa shape index (κ2) is 5.77. The van der Waals surface area contributed by atoms with Gasteiger partial charge < -0.3 is 10.1 Å². The number of para-hydroxylation sites is 1. The molecule has 2 aromatic rings. The molecule has 1 aliphatic rings. The maximum atomic E-state index is 5.76. The highest BCUT2D eigenvalue weighted by atomic mass is 16.5. The van der Waals surface area contributed by atoms with E-state index < -0.39 is 0 Å². The molecule has 0 spiro atoms. The van der Waals surface area contributed by atoms with Crippen LogP contribution in [-0.2, 0) is 11.3 Å². The van der Waals surface area contributed by atoms with Crippen molar-refractivity contribution in [3.63, 3.8) is 0 Å². The molecule has 1 N–H and O–H groups in total. The fourth-order valence-electron chi connectivity index (χ4n) is 2.61. The number of nitrogens with one attached hydrogen (secondary N) is 1. The maximum absolute atomic E-state index is 5.76. The Hall–Kier alpha value is -1.65. The Morgan fingerprint density at radius 2 is 2.15 bits per heavy atom. The van der Waals surface area contributed by atoms with E-state index in [-0.39, 0.29) is 5.60 Å². The lowest BCUT2D eigenvalue weighted by Gasteiger charge is -2.23. The van der Waals surface area contributed by atoms with Gasteiger partial charge in [-0.1, -0.05) is 18.2 Å². The van der Waals surface area contributed by atoms with Gasteiger partial charge in [0.15, 0.2) is 0 Å². The van der Waals surface area contributed by atoms with Gasteiger partial charge >= 0.3 is 0 Å². The standard InChI is InChI=1S/C16H21N3O/c1-16(9-5-11-20-16)13-17-12-14-8-10-19(18-14)15-6-3-2-4-7-15/h2-4,6-8,10,17H,5,9,11-13H2,1H3. The number of hydrogen-bond donors (Lipinski definition) is 1. The lowest BCUT2D eigenvalue weighted by molar-refractivity contribution is 0.0206.